The summed E-state index contributed by atoms with van der Waals surface area (Å²) in [7, 11) is 3.50. The van der Waals surface area contributed by atoms with E-state index in [0.717, 1.165) is 16.5 Å². The maximum Gasteiger partial charge on any atom is 0.241 e. The molecule has 0 aliphatic rings. The Balaban J connectivity index is 1.92. The Morgan fingerprint density at radius 1 is 1.29 bits per heavy atom. The van der Waals surface area contributed by atoms with Crippen molar-refractivity contribution in [3.63, 3.8) is 0 Å². The maximum atomic E-state index is 12.0. The van der Waals surface area contributed by atoms with Gasteiger partial charge in [0.25, 0.3) is 0 Å². The molecule has 1 aromatic carbocycles. The summed E-state index contributed by atoms with van der Waals surface area (Å²) in [6, 6.07) is 11.4. The first-order valence-electron chi connectivity index (χ1n) is 7.69. The van der Waals surface area contributed by atoms with Crippen molar-refractivity contribution in [2.75, 3.05) is 14.1 Å². The summed E-state index contributed by atoms with van der Waals surface area (Å²) in [6.45, 7) is 0.729. The Morgan fingerprint density at radius 3 is 2.88 bits per heavy atom. The van der Waals surface area contributed by atoms with Crippen LogP contribution < -0.4 is 10.5 Å². The van der Waals surface area contributed by atoms with Crippen molar-refractivity contribution >= 4 is 16.8 Å². The van der Waals surface area contributed by atoms with E-state index in [-0.39, 0.29) is 5.91 Å². The fourth-order valence-corrected chi connectivity index (χ4v) is 2.46. The molecule has 0 saturated heterocycles. The summed E-state index contributed by atoms with van der Waals surface area (Å²) in [5.74, 6) is 1.24. The highest BCUT2D eigenvalue weighted by molar-refractivity contribution is 5.88. The summed E-state index contributed by atoms with van der Waals surface area (Å²) < 4.78 is 7.84. The van der Waals surface area contributed by atoms with Crippen molar-refractivity contribution in [3.8, 4) is 11.6 Å². The van der Waals surface area contributed by atoms with Gasteiger partial charge in [0, 0.05) is 44.5 Å². The molecule has 0 aliphatic carbocycles. The van der Waals surface area contributed by atoms with E-state index in [1.165, 1.54) is 0 Å². The number of hydrogen-bond donors (Lipinski definition) is 1. The third-order valence-corrected chi connectivity index (χ3v) is 3.83. The van der Waals surface area contributed by atoms with Crippen LogP contribution in [0.2, 0.25) is 0 Å². The van der Waals surface area contributed by atoms with E-state index in [4.69, 9.17) is 10.5 Å². The fraction of sp³-hybridized carbons (Fsp3) is 0.222. The molecule has 0 radical (unpaired) electrons. The molecule has 1 amide bonds. The molecule has 0 atom stereocenters. The number of pyridine rings is 1. The smallest absolute Gasteiger partial charge is 0.241 e. The van der Waals surface area contributed by atoms with E-state index in [1.807, 2.05) is 47.2 Å². The van der Waals surface area contributed by atoms with Crippen LogP contribution in [-0.2, 0) is 17.9 Å². The van der Waals surface area contributed by atoms with Gasteiger partial charge in [-0.1, -0.05) is 6.07 Å². The lowest BCUT2D eigenvalue weighted by molar-refractivity contribution is -0.129. The third-order valence-electron chi connectivity index (χ3n) is 3.83. The molecule has 6 nitrogen and oxygen atoms in total. The quantitative estimate of drug-likeness (QED) is 0.782. The fourth-order valence-electron chi connectivity index (χ4n) is 2.46. The molecule has 3 rings (SSSR count). The van der Waals surface area contributed by atoms with E-state index in [0.29, 0.717) is 24.7 Å². The molecular weight excluding hydrogens is 304 g/mol. The highest BCUT2D eigenvalue weighted by atomic mass is 16.5. The van der Waals surface area contributed by atoms with Crippen LogP contribution in [0.25, 0.3) is 10.9 Å². The average Bonchev–Trinajstić information content (AvgIpc) is 2.99. The van der Waals surface area contributed by atoms with E-state index >= 15 is 0 Å². The van der Waals surface area contributed by atoms with Crippen molar-refractivity contribution in [3.05, 3.63) is 54.4 Å². The Morgan fingerprint density at radius 2 is 2.12 bits per heavy atom. The number of fused-ring (bicyclic) bond motifs is 1. The lowest BCUT2D eigenvalue weighted by atomic mass is 10.2. The first-order chi connectivity index (χ1) is 11.6. The maximum absolute atomic E-state index is 12.0. The minimum atomic E-state index is 0.0381. The molecule has 0 aliphatic heterocycles. The molecule has 0 bridgehead atoms. The average molecular weight is 324 g/mol. The number of nitrogens with zero attached hydrogens (tertiary/aromatic N) is 3. The van der Waals surface area contributed by atoms with Crippen LogP contribution in [0.1, 0.15) is 5.56 Å². The van der Waals surface area contributed by atoms with Crippen molar-refractivity contribution in [2.45, 2.75) is 13.1 Å². The number of likely N-dealkylation sites (N-methyl/N-ethyl adjacent to an activating group) is 1. The zero-order chi connectivity index (χ0) is 17.1. The van der Waals surface area contributed by atoms with E-state index < -0.39 is 0 Å². The van der Waals surface area contributed by atoms with Crippen LogP contribution in [0.3, 0.4) is 0 Å². The van der Waals surface area contributed by atoms with Crippen molar-refractivity contribution in [1.29, 1.82) is 0 Å². The number of amides is 1. The summed E-state index contributed by atoms with van der Waals surface area (Å²) in [5.41, 5.74) is 7.56. The van der Waals surface area contributed by atoms with Gasteiger partial charge < -0.3 is 19.9 Å². The molecule has 0 spiro atoms. The van der Waals surface area contributed by atoms with Gasteiger partial charge in [0.2, 0.25) is 11.8 Å². The molecule has 0 unspecified atom stereocenters. The van der Waals surface area contributed by atoms with Gasteiger partial charge in [-0.3, -0.25) is 4.79 Å². The normalized spacial score (nSPS) is 10.8. The third kappa shape index (κ3) is 3.23. The number of hydrogen-bond acceptors (Lipinski definition) is 4. The summed E-state index contributed by atoms with van der Waals surface area (Å²) in [6.07, 6.45) is 3.57. The summed E-state index contributed by atoms with van der Waals surface area (Å²) in [5, 5.41) is 0.934. The lowest BCUT2D eigenvalue weighted by Gasteiger charge is -2.12. The molecule has 6 heteroatoms. The van der Waals surface area contributed by atoms with Crippen LogP contribution in [0.5, 0.6) is 11.6 Å². The van der Waals surface area contributed by atoms with Crippen LogP contribution in [0.4, 0.5) is 0 Å². The van der Waals surface area contributed by atoms with Gasteiger partial charge in [0.1, 0.15) is 12.3 Å². The lowest BCUT2D eigenvalue weighted by Crippen LogP contribution is -2.25. The van der Waals surface area contributed by atoms with Gasteiger partial charge in [-0.25, -0.2) is 4.98 Å². The van der Waals surface area contributed by atoms with Crippen LogP contribution in [0, 0.1) is 0 Å². The van der Waals surface area contributed by atoms with Gasteiger partial charge in [-0.15, -0.1) is 0 Å². The number of aromatic nitrogens is 2. The number of ether oxygens (including phenoxy) is 1. The predicted molar refractivity (Wildman–Crippen MR) is 92.8 cm³/mol. The molecule has 0 fully saturated rings. The number of rotatable bonds is 5. The second-order valence-corrected chi connectivity index (χ2v) is 5.73. The van der Waals surface area contributed by atoms with Gasteiger partial charge in [0.05, 0.1) is 5.52 Å². The first-order valence-corrected chi connectivity index (χ1v) is 7.69. The number of benzene rings is 1. The van der Waals surface area contributed by atoms with E-state index in [1.54, 1.807) is 25.2 Å². The molecule has 124 valence electrons. The minimum Gasteiger partial charge on any atom is -0.438 e. The van der Waals surface area contributed by atoms with Crippen LogP contribution in [0.15, 0.2) is 48.8 Å². The zero-order valence-corrected chi connectivity index (χ0v) is 13.8. The second kappa shape index (κ2) is 6.72. The van der Waals surface area contributed by atoms with E-state index in [9.17, 15) is 4.79 Å². The summed E-state index contributed by atoms with van der Waals surface area (Å²) >= 11 is 0. The van der Waals surface area contributed by atoms with Crippen molar-refractivity contribution in [2.24, 2.45) is 5.73 Å². The molecule has 2 aromatic heterocycles. The first kappa shape index (κ1) is 16.0. The Kier molecular flexibility index (Phi) is 4.48. The summed E-state index contributed by atoms with van der Waals surface area (Å²) in [4.78, 5) is 17.8. The van der Waals surface area contributed by atoms with E-state index in [2.05, 4.69) is 4.98 Å². The second-order valence-electron chi connectivity index (χ2n) is 5.73. The zero-order valence-electron chi connectivity index (χ0n) is 13.8. The van der Waals surface area contributed by atoms with Crippen molar-refractivity contribution < 1.29 is 9.53 Å². The predicted octanol–water partition coefficient (Wildman–Crippen LogP) is 2.38. The number of carbonyl (C=O) groups is 1. The van der Waals surface area contributed by atoms with Gasteiger partial charge in [-0.2, -0.15) is 0 Å². The van der Waals surface area contributed by atoms with Gasteiger partial charge >= 0.3 is 0 Å². The highest BCUT2D eigenvalue weighted by Crippen LogP contribution is 2.30. The molecule has 2 N–H and O–H groups in total. The van der Waals surface area contributed by atoms with Crippen LogP contribution >= 0.6 is 0 Å². The molecular formula is C18H20N4O2. The standard InChI is InChI=1S/C18H20N4O2/c1-21(2)18(23)12-22-9-7-14-15(22)4-3-5-16(14)24-17-10-13(11-19)6-8-20-17/h3-10H,11-12,19H2,1-2H3. The molecule has 3 aromatic rings. The molecule has 2 heterocycles. The monoisotopic (exact) mass is 324 g/mol. The van der Waals surface area contributed by atoms with Gasteiger partial charge in [-0.05, 0) is 29.8 Å². The highest BCUT2D eigenvalue weighted by Gasteiger charge is 2.11. The molecule has 0 saturated carbocycles. The van der Waals surface area contributed by atoms with Crippen LogP contribution in [-0.4, -0.2) is 34.5 Å². The largest absolute Gasteiger partial charge is 0.438 e. The minimum absolute atomic E-state index is 0.0381. The van der Waals surface area contributed by atoms with Crippen molar-refractivity contribution in [1.82, 2.24) is 14.5 Å². The molecule has 24 heavy (non-hydrogen) atoms. The Hall–Kier alpha value is -2.86. The SMILES string of the molecule is CN(C)C(=O)Cn1ccc2c(Oc3cc(CN)ccn3)cccc21. The number of carbonyl (C=O) groups excluding carboxylic acids is 1. The Bertz CT molecular complexity index is 870. The topological polar surface area (TPSA) is 73.4 Å². The van der Waals surface area contributed by atoms with Gasteiger partial charge in [0.15, 0.2) is 0 Å². The Labute approximate surface area is 140 Å². The number of nitrogens with two attached hydrogens (primary N) is 1.